The van der Waals surface area contributed by atoms with E-state index in [0.29, 0.717) is 6.54 Å². The maximum Gasteiger partial charge on any atom is 0.287 e. The van der Waals surface area contributed by atoms with Crippen LogP contribution in [0.25, 0.3) is 0 Å². The Morgan fingerprint density at radius 2 is 2.35 bits per heavy atom. The molecule has 3 N–H and O–H groups in total. The highest BCUT2D eigenvalue weighted by atomic mass is 16.6. The molecule has 1 saturated carbocycles. The fourth-order valence-corrected chi connectivity index (χ4v) is 1.55. The number of hydrogen-bond acceptors (Lipinski definition) is 4. The molecule has 0 spiro atoms. The number of rotatable bonds is 5. The molecular weight excluding hydrogens is 226 g/mol. The van der Waals surface area contributed by atoms with Gasteiger partial charge in [-0.2, -0.15) is 0 Å². The Balaban J connectivity index is 1.93. The zero-order valence-corrected chi connectivity index (χ0v) is 9.10. The first-order valence-corrected chi connectivity index (χ1v) is 5.28. The average molecular weight is 239 g/mol. The summed E-state index contributed by atoms with van der Waals surface area (Å²) in [5.41, 5.74) is -0.155. The molecule has 0 radical (unpaired) electrons. The summed E-state index contributed by atoms with van der Waals surface area (Å²) in [6.45, 7) is 0.452. The van der Waals surface area contributed by atoms with Gasteiger partial charge in [-0.15, -0.1) is 0 Å². The van der Waals surface area contributed by atoms with E-state index in [4.69, 9.17) is 5.11 Å². The quantitative estimate of drug-likeness (QED) is 0.511. The summed E-state index contributed by atoms with van der Waals surface area (Å²) in [6.07, 6.45) is 2.97. The second-order valence-electron chi connectivity index (χ2n) is 4.37. The number of aromatic nitrogens is 1. The molecule has 0 aliphatic heterocycles. The molecule has 0 atom stereocenters. The predicted molar refractivity (Wildman–Crippen MR) is 58.5 cm³/mol. The van der Waals surface area contributed by atoms with Gasteiger partial charge >= 0.3 is 0 Å². The number of nitrogens with zero attached hydrogens (tertiary/aromatic N) is 1. The van der Waals surface area contributed by atoms with Gasteiger partial charge in [-0.25, -0.2) is 0 Å². The summed E-state index contributed by atoms with van der Waals surface area (Å²) in [5.74, 6) is -0.391. The zero-order valence-electron chi connectivity index (χ0n) is 9.10. The van der Waals surface area contributed by atoms with Crippen LogP contribution >= 0.6 is 0 Å². The largest absolute Gasteiger partial charge is 0.396 e. The number of aromatic amines is 1. The fourth-order valence-electron chi connectivity index (χ4n) is 1.55. The van der Waals surface area contributed by atoms with Crippen molar-refractivity contribution in [3.05, 3.63) is 28.1 Å². The number of H-pyrrole nitrogens is 1. The van der Waals surface area contributed by atoms with Gasteiger partial charge in [-0.1, -0.05) is 0 Å². The summed E-state index contributed by atoms with van der Waals surface area (Å²) in [4.78, 5) is 24.0. The summed E-state index contributed by atoms with van der Waals surface area (Å²) in [7, 11) is 0. The molecule has 1 amide bonds. The van der Waals surface area contributed by atoms with Gasteiger partial charge in [-0.05, 0) is 12.8 Å². The van der Waals surface area contributed by atoms with Crippen LogP contribution in [0.15, 0.2) is 12.3 Å². The first-order chi connectivity index (χ1) is 8.06. The van der Waals surface area contributed by atoms with Gasteiger partial charge in [0, 0.05) is 18.0 Å². The van der Waals surface area contributed by atoms with Gasteiger partial charge in [0.2, 0.25) is 0 Å². The van der Waals surface area contributed by atoms with E-state index in [1.165, 1.54) is 12.3 Å². The number of aliphatic hydroxyl groups is 1. The van der Waals surface area contributed by atoms with Crippen molar-refractivity contribution in [2.45, 2.75) is 12.8 Å². The molecule has 92 valence electrons. The normalized spacial score (nSPS) is 16.5. The maximum absolute atomic E-state index is 11.6. The third kappa shape index (κ3) is 2.44. The highest BCUT2D eigenvalue weighted by molar-refractivity contribution is 5.93. The molecule has 0 bridgehead atoms. The smallest absolute Gasteiger partial charge is 0.287 e. The summed E-state index contributed by atoms with van der Waals surface area (Å²) >= 11 is 0. The topological polar surface area (TPSA) is 108 Å². The van der Waals surface area contributed by atoms with Crippen LogP contribution in [-0.4, -0.2) is 34.1 Å². The van der Waals surface area contributed by atoms with E-state index in [1.807, 2.05) is 0 Å². The van der Waals surface area contributed by atoms with Crippen LogP contribution in [0.4, 0.5) is 5.69 Å². The number of amides is 1. The first-order valence-electron chi connectivity index (χ1n) is 5.28. The first kappa shape index (κ1) is 11.6. The molecule has 0 aromatic carbocycles. The molecule has 1 fully saturated rings. The van der Waals surface area contributed by atoms with Crippen LogP contribution in [0.3, 0.4) is 0 Å². The monoisotopic (exact) mass is 239 g/mol. The van der Waals surface area contributed by atoms with E-state index in [9.17, 15) is 14.9 Å². The Kier molecular flexibility index (Phi) is 2.84. The molecule has 1 heterocycles. The fraction of sp³-hybridized carbons (Fsp3) is 0.500. The van der Waals surface area contributed by atoms with Crippen LogP contribution in [-0.2, 0) is 0 Å². The third-order valence-corrected chi connectivity index (χ3v) is 3.04. The second-order valence-corrected chi connectivity index (χ2v) is 4.37. The van der Waals surface area contributed by atoms with E-state index >= 15 is 0 Å². The minimum absolute atomic E-state index is 0.0537. The maximum atomic E-state index is 11.6. The Morgan fingerprint density at radius 3 is 2.82 bits per heavy atom. The van der Waals surface area contributed by atoms with Crippen molar-refractivity contribution in [1.82, 2.24) is 10.3 Å². The van der Waals surface area contributed by atoms with Gasteiger partial charge in [0.05, 0.1) is 17.7 Å². The minimum atomic E-state index is -0.566. The summed E-state index contributed by atoms with van der Waals surface area (Å²) < 4.78 is 0. The molecule has 1 aromatic rings. The van der Waals surface area contributed by atoms with Gasteiger partial charge in [0.1, 0.15) is 5.69 Å². The van der Waals surface area contributed by atoms with Crippen molar-refractivity contribution in [3.63, 3.8) is 0 Å². The van der Waals surface area contributed by atoms with Crippen molar-refractivity contribution in [1.29, 1.82) is 0 Å². The number of carbonyl (C=O) groups excluding carboxylic acids is 1. The number of carbonyl (C=O) groups is 1. The number of nitro groups is 1. The SMILES string of the molecule is O=C(NCC1(CO)CC1)c1cc([N+](=O)[O-])c[nH]1. The van der Waals surface area contributed by atoms with Crippen LogP contribution < -0.4 is 5.32 Å². The predicted octanol–water partition coefficient (Wildman–Crippen LogP) is 0.425. The van der Waals surface area contributed by atoms with Gasteiger partial charge in [0.25, 0.3) is 11.6 Å². The number of hydrogen-bond donors (Lipinski definition) is 3. The highest BCUT2D eigenvalue weighted by Crippen LogP contribution is 2.44. The summed E-state index contributed by atoms with van der Waals surface area (Å²) in [6, 6.07) is 1.19. The molecule has 1 aliphatic rings. The van der Waals surface area contributed by atoms with E-state index in [1.54, 1.807) is 0 Å². The molecule has 1 aromatic heterocycles. The third-order valence-electron chi connectivity index (χ3n) is 3.04. The van der Waals surface area contributed by atoms with Crippen LogP contribution in [0, 0.1) is 15.5 Å². The zero-order chi connectivity index (χ0) is 12.5. The van der Waals surface area contributed by atoms with Crippen LogP contribution in [0.2, 0.25) is 0 Å². The van der Waals surface area contributed by atoms with Crippen molar-refractivity contribution in [2.24, 2.45) is 5.41 Å². The Labute approximate surface area is 97.0 Å². The average Bonchev–Trinajstić information content (AvgIpc) is 2.92. The standard InChI is InChI=1S/C10H13N3O4/c14-6-10(1-2-10)5-12-9(15)8-3-7(4-11-8)13(16)17/h3-4,11,14H,1-2,5-6H2,(H,12,15). The molecule has 0 unspecified atom stereocenters. The molecule has 0 saturated heterocycles. The van der Waals surface area contributed by atoms with Gasteiger partial charge < -0.3 is 15.4 Å². The minimum Gasteiger partial charge on any atom is -0.396 e. The number of nitrogens with one attached hydrogen (secondary N) is 2. The van der Waals surface area contributed by atoms with E-state index in [-0.39, 0.29) is 23.4 Å². The van der Waals surface area contributed by atoms with Crippen molar-refractivity contribution in [3.8, 4) is 0 Å². The van der Waals surface area contributed by atoms with E-state index in [0.717, 1.165) is 12.8 Å². The summed E-state index contributed by atoms with van der Waals surface area (Å²) in [5, 5.41) is 22.2. The molecule has 7 heteroatoms. The molecule has 17 heavy (non-hydrogen) atoms. The van der Waals surface area contributed by atoms with E-state index < -0.39 is 10.8 Å². The molecular formula is C10H13N3O4. The Hall–Kier alpha value is -1.89. The molecule has 2 rings (SSSR count). The van der Waals surface area contributed by atoms with Crippen molar-refractivity contribution in [2.75, 3.05) is 13.2 Å². The lowest BCUT2D eigenvalue weighted by atomic mass is 10.1. The lowest BCUT2D eigenvalue weighted by molar-refractivity contribution is -0.384. The van der Waals surface area contributed by atoms with Crippen LogP contribution in [0.5, 0.6) is 0 Å². The van der Waals surface area contributed by atoms with Gasteiger partial charge in [-0.3, -0.25) is 14.9 Å². The highest BCUT2D eigenvalue weighted by Gasteiger charge is 2.42. The van der Waals surface area contributed by atoms with Crippen molar-refractivity contribution >= 4 is 11.6 Å². The number of aliphatic hydroxyl groups excluding tert-OH is 1. The van der Waals surface area contributed by atoms with Crippen LogP contribution in [0.1, 0.15) is 23.3 Å². The molecule has 1 aliphatic carbocycles. The van der Waals surface area contributed by atoms with Crippen molar-refractivity contribution < 1.29 is 14.8 Å². The second kappa shape index (κ2) is 4.17. The molecule has 7 nitrogen and oxygen atoms in total. The lowest BCUT2D eigenvalue weighted by Crippen LogP contribution is -2.32. The van der Waals surface area contributed by atoms with E-state index in [2.05, 4.69) is 10.3 Å². The lowest BCUT2D eigenvalue weighted by Gasteiger charge is -2.11. The van der Waals surface area contributed by atoms with Gasteiger partial charge in [0.15, 0.2) is 0 Å². The Bertz CT molecular complexity index is 450. The Morgan fingerprint density at radius 1 is 1.65 bits per heavy atom.